The largest absolute Gasteiger partial charge is 0.453 e. The Morgan fingerprint density at radius 3 is 1.92 bits per heavy atom. The van der Waals surface area contributed by atoms with E-state index in [1.54, 1.807) is 0 Å². The number of nitrogens with two attached hydrogens (primary N) is 1. The molecule has 0 unspecified atom stereocenters. The molecule has 12 heavy (non-hydrogen) atoms. The zero-order valence-corrected chi connectivity index (χ0v) is 7.28. The summed E-state index contributed by atoms with van der Waals surface area (Å²) in [4.78, 5) is 9.37. The topological polar surface area (TPSA) is 52.3 Å². The molecule has 0 aromatic heterocycles. The summed E-state index contributed by atoms with van der Waals surface area (Å²) in [7, 11) is 1.22. The van der Waals surface area contributed by atoms with E-state index in [1.165, 1.54) is 12.7 Å². The van der Waals surface area contributed by atoms with Crippen LogP contribution in [0.2, 0.25) is 0 Å². The van der Waals surface area contributed by atoms with Gasteiger partial charge in [-0.2, -0.15) is 0 Å². The van der Waals surface area contributed by atoms with E-state index < -0.39 is 6.09 Å². The first-order valence-corrected chi connectivity index (χ1v) is 3.52. The van der Waals surface area contributed by atoms with Gasteiger partial charge in [0.15, 0.2) is 0 Å². The fraction of sp³-hybridized carbons (Fsp3) is 0.222. The fourth-order valence-electron chi connectivity index (χ4n) is 0.534. The van der Waals surface area contributed by atoms with Crippen LogP contribution in [-0.2, 0) is 4.74 Å². The maximum absolute atomic E-state index is 9.37. The van der Waals surface area contributed by atoms with Crippen molar-refractivity contribution in [1.29, 1.82) is 0 Å². The van der Waals surface area contributed by atoms with Crippen LogP contribution in [0.1, 0.15) is 5.56 Å². The molecule has 0 atom stereocenters. The van der Waals surface area contributed by atoms with Gasteiger partial charge in [-0.25, -0.2) is 4.79 Å². The number of carbonyl (C=O) groups is 1. The number of amides is 1. The molecule has 1 rings (SSSR count). The number of carbonyl (C=O) groups excluding carboxylic acids is 1. The summed E-state index contributed by atoms with van der Waals surface area (Å²) in [5, 5.41) is 0. The molecule has 1 amide bonds. The van der Waals surface area contributed by atoms with Crippen molar-refractivity contribution in [2.45, 2.75) is 6.92 Å². The first kappa shape index (κ1) is 10.5. The quantitative estimate of drug-likeness (QED) is 0.639. The van der Waals surface area contributed by atoms with Crippen molar-refractivity contribution in [3.05, 3.63) is 35.9 Å². The van der Waals surface area contributed by atoms with E-state index in [2.05, 4.69) is 29.5 Å². The van der Waals surface area contributed by atoms with Crippen molar-refractivity contribution >= 4 is 6.09 Å². The van der Waals surface area contributed by atoms with Crippen molar-refractivity contribution < 1.29 is 9.53 Å². The molecule has 66 valence electrons. The minimum atomic E-state index is -0.745. The van der Waals surface area contributed by atoms with Gasteiger partial charge >= 0.3 is 6.09 Å². The molecule has 3 heteroatoms. The van der Waals surface area contributed by atoms with Crippen molar-refractivity contribution in [3.63, 3.8) is 0 Å². The molecule has 0 radical (unpaired) electrons. The van der Waals surface area contributed by atoms with Crippen LogP contribution in [-0.4, -0.2) is 13.2 Å². The number of methoxy groups -OCH3 is 1. The highest BCUT2D eigenvalue weighted by Crippen LogP contribution is 1.92. The smallest absolute Gasteiger partial charge is 0.404 e. The summed E-state index contributed by atoms with van der Waals surface area (Å²) in [6.45, 7) is 2.08. The lowest BCUT2D eigenvalue weighted by Crippen LogP contribution is -2.08. The van der Waals surface area contributed by atoms with Crippen molar-refractivity contribution in [2.75, 3.05) is 7.11 Å². The van der Waals surface area contributed by atoms with E-state index in [0.29, 0.717) is 0 Å². The minimum Gasteiger partial charge on any atom is -0.453 e. The SMILES string of the molecule is COC(N)=O.Cc1ccccc1. The maximum atomic E-state index is 9.37. The van der Waals surface area contributed by atoms with Crippen LogP contribution in [0.4, 0.5) is 4.79 Å². The first-order chi connectivity index (χ1) is 5.66. The Morgan fingerprint density at radius 1 is 1.33 bits per heavy atom. The van der Waals surface area contributed by atoms with Gasteiger partial charge < -0.3 is 10.5 Å². The summed E-state index contributed by atoms with van der Waals surface area (Å²) in [6, 6.07) is 10.3. The Hall–Kier alpha value is -1.51. The van der Waals surface area contributed by atoms with Gasteiger partial charge in [-0.15, -0.1) is 0 Å². The summed E-state index contributed by atoms with van der Waals surface area (Å²) in [6.07, 6.45) is -0.745. The molecule has 1 aromatic carbocycles. The molecule has 0 aliphatic carbocycles. The van der Waals surface area contributed by atoms with E-state index >= 15 is 0 Å². The molecule has 1 aromatic rings. The Morgan fingerprint density at radius 2 is 1.75 bits per heavy atom. The third-order valence-electron chi connectivity index (χ3n) is 1.14. The number of aryl methyl sites for hydroxylation is 1. The maximum Gasteiger partial charge on any atom is 0.404 e. The van der Waals surface area contributed by atoms with E-state index in [9.17, 15) is 4.79 Å². The van der Waals surface area contributed by atoms with Crippen LogP contribution in [0.5, 0.6) is 0 Å². The highest BCUT2D eigenvalue weighted by molar-refractivity contribution is 5.64. The number of primary amides is 1. The molecule has 2 N–H and O–H groups in total. The first-order valence-electron chi connectivity index (χ1n) is 3.52. The van der Waals surface area contributed by atoms with E-state index in [1.807, 2.05) is 18.2 Å². The normalized spacial score (nSPS) is 7.83. The Kier molecular flexibility index (Phi) is 5.43. The minimum absolute atomic E-state index is 0.745. The Balaban J connectivity index is 0.000000217. The standard InChI is InChI=1S/C7H8.C2H5NO2/c1-7-5-3-2-4-6-7;1-5-2(3)4/h2-6H,1H3;1H3,(H2,3,4). The van der Waals surface area contributed by atoms with Crippen LogP contribution in [0, 0.1) is 6.92 Å². The van der Waals surface area contributed by atoms with Gasteiger partial charge in [0.2, 0.25) is 0 Å². The molecule has 0 spiro atoms. The molecular weight excluding hydrogens is 154 g/mol. The lowest BCUT2D eigenvalue weighted by molar-refractivity contribution is 0.182. The molecule has 3 nitrogen and oxygen atoms in total. The molecule has 0 aliphatic rings. The predicted octanol–water partition coefficient (Wildman–Crippen LogP) is 1.71. The third-order valence-corrected chi connectivity index (χ3v) is 1.14. The number of ether oxygens (including phenoxy) is 1. The monoisotopic (exact) mass is 167 g/mol. The fourth-order valence-corrected chi connectivity index (χ4v) is 0.534. The zero-order valence-electron chi connectivity index (χ0n) is 7.28. The summed E-state index contributed by atoms with van der Waals surface area (Å²) in [5.41, 5.74) is 5.75. The van der Waals surface area contributed by atoms with Crippen LogP contribution >= 0.6 is 0 Å². The van der Waals surface area contributed by atoms with Gasteiger partial charge in [0.05, 0.1) is 7.11 Å². The van der Waals surface area contributed by atoms with Crippen LogP contribution in [0.3, 0.4) is 0 Å². The molecule has 0 fully saturated rings. The van der Waals surface area contributed by atoms with E-state index in [0.717, 1.165) is 0 Å². The van der Waals surface area contributed by atoms with Crippen molar-refractivity contribution in [3.8, 4) is 0 Å². The predicted molar refractivity (Wildman–Crippen MR) is 47.8 cm³/mol. The van der Waals surface area contributed by atoms with Crippen molar-refractivity contribution in [2.24, 2.45) is 5.73 Å². The van der Waals surface area contributed by atoms with Gasteiger partial charge in [-0.05, 0) is 6.92 Å². The molecule has 0 heterocycles. The lowest BCUT2D eigenvalue weighted by atomic mass is 10.2. The second kappa shape index (κ2) is 6.22. The molecule has 0 saturated carbocycles. The average molecular weight is 167 g/mol. The molecule has 0 aliphatic heterocycles. The average Bonchev–Trinajstić information content (AvgIpc) is 2.07. The number of hydrogen-bond acceptors (Lipinski definition) is 2. The van der Waals surface area contributed by atoms with Crippen LogP contribution in [0.15, 0.2) is 30.3 Å². The van der Waals surface area contributed by atoms with Crippen LogP contribution < -0.4 is 5.73 Å². The van der Waals surface area contributed by atoms with Crippen molar-refractivity contribution in [1.82, 2.24) is 0 Å². The number of benzene rings is 1. The second-order valence-corrected chi connectivity index (χ2v) is 2.18. The highest BCUT2D eigenvalue weighted by Gasteiger charge is 1.76. The molecular formula is C9H13NO2. The summed E-state index contributed by atoms with van der Waals surface area (Å²) < 4.78 is 3.89. The molecule has 0 bridgehead atoms. The lowest BCUT2D eigenvalue weighted by Gasteiger charge is -1.82. The number of rotatable bonds is 0. The second-order valence-electron chi connectivity index (χ2n) is 2.18. The van der Waals surface area contributed by atoms with Gasteiger partial charge in [0, 0.05) is 0 Å². The van der Waals surface area contributed by atoms with Gasteiger partial charge in [0.1, 0.15) is 0 Å². The summed E-state index contributed by atoms with van der Waals surface area (Å²) >= 11 is 0. The Labute approximate surface area is 72.1 Å². The van der Waals surface area contributed by atoms with Gasteiger partial charge in [0.25, 0.3) is 0 Å². The van der Waals surface area contributed by atoms with Gasteiger partial charge in [-0.3, -0.25) is 0 Å². The summed E-state index contributed by atoms with van der Waals surface area (Å²) in [5.74, 6) is 0. The van der Waals surface area contributed by atoms with E-state index in [4.69, 9.17) is 0 Å². The van der Waals surface area contributed by atoms with E-state index in [-0.39, 0.29) is 0 Å². The highest BCUT2D eigenvalue weighted by atomic mass is 16.5. The zero-order chi connectivity index (χ0) is 9.40. The third kappa shape index (κ3) is 6.61. The Bertz CT molecular complexity index is 221. The number of hydrogen-bond donors (Lipinski definition) is 1. The van der Waals surface area contributed by atoms with Crippen LogP contribution in [0.25, 0.3) is 0 Å². The molecule has 0 saturated heterocycles. The van der Waals surface area contributed by atoms with Gasteiger partial charge in [-0.1, -0.05) is 35.9 Å².